The van der Waals surface area contributed by atoms with Crippen LogP contribution < -0.4 is 15.0 Å². The molecule has 0 saturated carbocycles. The van der Waals surface area contributed by atoms with Crippen molar-refractivity contribution in [2.45, 2.75) is 13.0 Å². The molecular weight excluding hydrogens is 326 g/mol. The van der Waals surface area contributed by atoms with Crippen LogP contribution in [0.5, 0.6) is 5.75 Å². The predicted molar refractivity (Wildman–Crippen MR) is 104 cm³/mol. The van der Waals surface area contributed by atoms with E-state index >= 15 is 0 Å². The van der Waals surface area contributed by atoms with Crippen LogP contribution in [0.2, 0.25) is 0 Å². The zero-order valence-corrected chi connectivity index (χ0v) is 15.5. The average Bonchev–Trinajstić information content (AvgIpc) is 2.68. The van der Waals surface area contributed by atoms with Crippen molar-refractivity contribution >= 4 is 11.8 Å². The number of aryl methyl sites for hydroxylation is 1. The van der Waals surface area contributed by atoms with E-state index in [0.717, 1.165) is 28.3 Å². The van der Waals surface area contributed by atoms with Crippen molar-refractivity contribution in [2.75, 3.05) is 31.4 Å². The second-order valence-electron chi connectivity index (χ2n) is 6.23. The van der Waals surface area contributed by atoms with Crippen LogP contribution >= 0.6 is 0 Å². The number of rotatable bonds is 6. The van der Waals surface area contributed by atoms with Crippen molar-refractivity contribution in [1.29, 1.82) is 0 Å². The summed E-state index contributed by atoms with van der Waals surface area (Å²) in [5.74, 6) is 2.30. The molecule has 1 N–H and O–H groups in total. The van der Waals surface area contributed by atoms with Gasteiger partial charge in [0, 0.05) is 38.2 Å². The van der Waals surface area contributed by atoms with Crippen molar-refractivity contribution < 1.29 is 4.74 Å². The molecule has 2 aromatic heterocycles. The number of benzene rings is 1. The molecule has 1 aromatic carbocycles. The third-order valence-electron chi connectivity index (χ3n) is 4.13. The van der Waals surface area contributed by atoms with E-state index in [4.69, 9.17) is 4.74 Å². The highest BCUT2D eigenvalue weighted by atomic mass is 16.5. The largest absolute Gasteiger partial charge is 0.497 e. The van der Waals surface area contributed by atoms with E-state index in [-0.39, 0.29) is 6.04 Å². The number of nitrogens with zero attached hydrogens (tertiary/aromatic N) is 4. The van der Waals surface area contributed by atoms with Crippen LogP contribution in [-0.4, -0.2) is 36.2 Å². The van der Waals surface area contributed by atoms with Crippen molar-refractivity contribution in [1.82, 2.24) is 15.0 Å². The lowest BCUT2D eigenvalue weighted by Gasteiger charge is -2.21. The fourth-order valence-corrected chi connectivity index (χ4v) is 2.80. The fourth-order valence-electron chi connectivity index (χ4n) is 2.80. The number of ether oxygens (including phenoxy) is 1. The lowest BCUT2D eigenvalue weighted by molar-refractivity contribution is 0.414. The van der Waals surface area contributed by atoms with E-state index in [1.807, 2.05) is 68.5 Å². The molecule has 6 nitrogen and oxygen atoms in total. The Bertz CT molecular complexity index is 850. The molecule has 1 unspecified atom stereocenters. The van der Waals surface area contributed by atoms with Gasteiger partial charge in [0.1, 0.15) is 11.6 Å². The number of nitrogens with one attached hydrogen (secondary N) is 1. The van der Waals surface area contributed by atoms with Gasteiger partial charge in [-0.1, -0.05) is 12.1 Å². The highest BCUT2D eigenvalue weighted by Crippen LogP contribution is 2.27. The molecule has 0 aliphatic rings. The second kappa shape index (κ2) is 7.82. The summed E-state index contributed by atoms with van der Waals surface area (Å²) < 4.78 is 5.27. The monoisotopic (exact) mass is 349 g/mol. The van der Waals surface area contributed by atoms with E-state index in [9.17, 15) is 0 Å². The van der Waals surface area contributed by atoms with Crippen LogP contribution in [0.25, 0.3) is 0 Å². The smallest absolute Gasteiger partial charge is 0.225 e. The number of methoxy groups -OCH3 is 1. The number of aromatic nitrogens is 3. The van der Waals surface area contributed by atoms with Gasteiger partial charge in [0.05, 0.1) is 13.2 Å². The standard InChI is InChI=1S/C20H23N5O/c1-14-13-22-20(24-19(14)25(2)3)23-18(16-9-11-21-12-10-16)15-5-7-17(26-4)8-6-15/h5-13,18H,1-4H3,(H,22,23,24). The van der Waals surface area contributed by atoms with Crippen LogP contribution in [0.3, 0.4) is 0 Å². The van der Waals surface area contributed by atoms with E-state index in [2.05, 4.69) is 20.3 Å². The first-order chi connectivity index (χ1) is 12.6. The molecule has 1 atom stereocenters. The zero-order valence-electron chi connectivity index (χ0n) is 15.5. The van der Waals surface area contributed by atoms with E-state index in [1.54, 1.807) is 19.5 Å². The molecule has 3 rings (SSSR count). The van der Waals surface area contributed by atoms with Gasteiger partial charge < -0.3 is 15.0 Å². The van der Waals surface area contributed by atoms with Gasteiger partial charge in [-0.05, 0) is 42.3 Å². The highest BCUT2D eigenvalue weighted by molar-refractivity contribution is 5.49. The maximum Gasteiger partial charge on any atom is 0.225 e. The van der Waals surface area contributed by atoms with Gasteiger partial charge in [-0.2, -0.15) is 4.98 Å². The Hall–Kier alpha value is -3.15. The van der Waals surface area contributed by atoms with Gasteiger partial charge in [0.15, 0.2) is 0 Å². The Balaban J connectivity index is 1.97. The van der Waals surface area contributed by atoms with Crippen LogP contribution in [0.4, 0.5) is 11.8 Å². The number of hydrogen-bond donors (Lipinski definition) is 1. The van der Waals surface area contributed by atoms with E-state index in [0.29, 0.717) is 5.95 Å². The third-order valence-corrected chi connectivity index (χ3v) is 4.13. The van der Waals surface area contributed by atoms with Gasteiger partial charge in [0.2, 0.25) is 5.95 Å². The maximum absolute atomic E-state index is 5.27. The molecule has 3 aromatic rings. The van der Waals surface area contributed by atoms with Crippen LogP contribution in [-0.2, 0) is 0 Å². The van der Waals surface area contributed by atoms with Gasteiger partial charge in [-0.3, -0.25) is 4.98 Å². The van der Waals surface area contributed by atoms with Crippen molar-refractivity contribution in [2.24, 2.45) is 0 Å². The summed E-state index contributed by atoms with van der Waals surface area (Å²) in [6, 6.07) is 11.9. The lowest BCUT2D eigenvalue weighted by Crippen LogP contribution is -2.17. The SMILES string of the molecule is COc1ccc(C(Nc2ncc(C)c(N(C)C)n2)c2ccncc2)cc1. The molecule has 0 aliphatic carbocycles. The van der Waals surface area contributed by atoms with Crippen molar-refractivity contribution in [3.8, 4) is 5.75 Å². The van der Waals surface area contributed by atoms with Crippen LogP contribution in [0, 0.1) is 6.92 Å². The maximum atomic E-state index is 5.27. The Morgan fingerprint density at radius 3 is 2.27 bits per heavy atom. The summed E-state index contributed by atoms with van der Waals surface area (Å²) in [5.41, 5.74) is 3.21. The molecule has 0 amide bonds. The summed E-state index contributed by atoms with van der Waals surface area (Å²) in [7, 11) is 5.61. The second-order valence-corrected chi connectivity index (χ2v) is 6.23. The van der Waals surface area contributed by atoms with Gasteiger partial charge in [-0.25, -0.2) is 4.98 Å². The molecule has 0 spiro atoms. The molecule has 6 heteroatoms. The average molecular weight is 349 g/mol. The fraction of sp³-hybridized carbons (Fsp3) is 0.250. The van der Waals surface area contributed by atoms with E-state index in [1.165, 1.54) is 0 Å². The lowest BCUT2D eigenvalue weighted by atomic mass is 10.00. The number of hydrogen-bond acceptors (Lipinski definition) is 6. The molecule has 134 valence electrons. The molecule has 26 heavy (non-hydrogen) atoms. The normalized spacial score (nSPS) is 11.7. The minimum atomic E-state index is -0.0957. The summed E-state index contributed by atoms with van der Waals surface area (Å²) in [5, 5.41) is 3.45. The first-order valence-electron chi connectivity index (χ1n) is 8.40. The topological polar surface area (TPSA) is 63.2 Å². The summed E-state index contributed by atoms with van der Waals surface area (Å²) in [6.45, 7) is 2.00. The molecule has 0 aliphatic heterocycles. The van der Waals surface area contributed by atoms with Gasteiger partial charge in [0.25, 0.3) is 0 Å². The molecule has 0 saturated heterocycles. The molecule has 0 fully saturated rings. The molecule has 0 radical (unpaired) electrons. The Morgan fingerprint density at radius 1 is 1.00 bits per heavy atom. The predicted octanol–water partition coefficient (Wildman–Crippen LogP) is 3.46. The summed E-state index contributed by atoms with van der Waals surface area (Å²) >= 11 is 0. The van der Waals surface area contributed by atoms with Crippen LogP contribution in [0.15, 0.2) is 55.0 Å². The van der Waals surface area contributed by atoms with Crippen LogP contribution in [0.1, 0.15) is 22.7 Å². The molecular formula is C20H23N5O. The quantitative estimate of drug-likeness (QED) is 0.735. The Morgan fingerprint density at radius 2 is 1.65 bits per heavy atom. The third kappa shape index (κ3) is 3.91. The van der Waals surface area contributed by atoms with E-state index < -0.39 is 0 Å². The first-order valence-corrected chi connectivity index (χ1v) is 8.40. The van der Waals surface area contributed by atoms with Crippen molar-refractivity contribution in [3.63, 3.8) is 0 Å². The number of anilines is 2. The highest BCUT2D eigenvalue weighted by Gasteiger charge is 2.16. The summed E-state index contributed by atoms with van der Waals surface area (Å²) in [6.07, 6.45) is 5.41. The Kier molecular flexibility index (Phi) is 5.31. The summed E-state index contributed by atoms with van der Waals surface area (Å²) in [4.78, 5) is 15.2. The minimum Gasteiger partial charge on any atom is -0.497 e. The van der Waals surface area contributed by atoms with Gasteiger partial charge in [-0.15, -0.1) is 0 Å². The van der Waals surface area contributed by atoms with Gasteiger partial charge >= 0.3 is 0 Å². The zero-order chi connectivity index (χ0) is 18.5. The molecule has 0 bridgehead atoms. The van der Waals surface area contributed by atoms with Crippen molar-refractivity contribution in [3.05, 3.63) is 71.7 Å². The number of pyridine rings is 1. The minimum absolute atomic E-state index is 0.0957. The first kappa shape index (κ1) is 17.7. The Labute approximate surface area is 153 Å². The molecule has 2 heterocycles.